The highest BCUT2D eigenvalue weighted by molar-refractivity contribution is 9.10. The maximum atomic E-state index is 5.08. The van der Waals surface area contributed by atoms with Gasteiger partial charge in [-0.15, -0.1) is 0 Å². The number of benzene rings is 1. The van der Waals surface area contributed by atoms with Crippen molar-refractivity contribution in [3.8, 4) is 0 Å². The molecule has 1 N–H and O–H groups in total. The molecule has 0 bridgehead atoms. The minimum atomic E-state index is 0.558. The summed E-state index contributed by atoms with van der Waals surface area (Å²) in [5.41, 5.74) is 1.41. The Labute approximate surface area is 126 Å². The molecule has 2 unspecified atom stereocenters. The van der Waals surface area contributed by atoms with Gasteiger partial charge < -0.3 is 10.1 Å². The Kier molecular flexibility index (Phi) is 8.35. The summed E-state index contributed by atoms with van der Waals surface area (Å²) in [5, 5.41) is 3.50. The van der Waals surface area contributed by atoms with Crippen LogP contribution in [0, 0.1) is 5.92 Å². The van der Waals surface area contributed by atoms with Gasteiger partial charge >= 0.3 is 0 Å². The van der Waals surface area contributed by atoms with E-state index in [1.807, 2.05) is 0 Å². The van der Waals surface area contributed by atoms with Crippen molar-refractivity contribution in [2.45, 2.75) is 32.6 Å². The molecule has 0 aliphatic carbocycles. The van der Waals surface area contributed by atoms with Crippen LogP contribution in [0.5, 0.6) is 0 Å². The first-order chi connectivity index (χ1) is 9.19. The first kappa shape index (κ1) is 16.7. The van der Waals surface area contributed by atoms with E-state index in [4.69, 9.17) is 4.74 Å². The van der Waals surface area contributed by atoms with Gasteiger partial charge in [0.1, 0.15) is 0 Å². The number of methoxy groups -OCH3 is 1. The van der Waals surface area contributed by atoms with Crippen molar-refractivity contribution in [2.75, 3.05) is 26.8 Å². The molecule has 1 aromatic rings. The molecule has 0 aliphatic heterocycles. The molecule has 0 fully saturated rings. The van der Waals surface area contributed by atoms with Crippen LogP contribution < -0.4 is 5.32 Å². The molecule has 0 amide bonds. The highest BCUT2D eigenvalue weighted by Crippen LogP contribution is 2.30. The zero-order valence-electron chi connectivity index (χ0n) is 12.3. The van der Waals surface area contributed by atoms with Gasteiger partial charge in [0.15, 0.2) is 0 Å². The van der Waals surface area contributed by atoms with E-state index in [-0.39, 0.29) is 0 Å². The van der Waals surface area contributed by atoms with Gasteiger partial charge in [0.25, 0.3) is 0 Å². The first-order valence-electron chi connectivity index (χ1n) is 7.13. The predicted molar refractivity (Wildman–Crippen MR) is 85.7 cm³/mol. The summed E-state index contributed by atoms with van der Waals surface area (Å²) in [4.78, 5) is 0. The quantitative estimate of drug-likeness (QED) is 0.686. The van der Waals surface area contributed by atoms with Crippen LogP contribution in [0.1, 0.15) is 38.2 Å². The third-order valence-corrected chi connectivity index (χ3v) is 4.32. The lowest BCUT2D eigenvalue weighted by Crippen LogP contribution is -2.26. The van der Waals surface area contributed by atoms with E-state index < -0.39 is 0 Å². The summed E-state index contributed by atoms with van der Waals surface area (Å²) < 4.78 is 6.30. The van der Waals surface area contributed by atoms with Crippen LogP contribution in [0.3, 0.4) is 0 Å². The monoisotopic (exact) mass is 327 g/mol. The van der Waals surface area contributed by atoms with E-state index in [9.17, 15) is 0 Å². The summed E-state index contributed by atoms with van der Waals surface area (Å²) >= 11 is 3.68. The van der Waals surface area contributed by atoms with Crippen LogP contribution in [-0.2, 0) is 4.74 Å². The van der Waals surface area contributed by atoms with Gasteiger partial charge in [-0.25, -0.2) is 0 Å². The normalized spacial score (nSPS) is 14.3. The lowest BCUT2D eigenvalue weighted by atomic mass is 9.88. The van der Waals surface area contributed by atoms with Crippen molar-refractivity contribution < 1.29 is 4.74 Å². The van der Waals surface area contributed by atoms with Crippen molar-refractivity contribution >= 4 is 15.9 Å². The average molecular weight is 328 g/mol. The van der Waals surface area contributed by atoms with Crippen LogP contribution in [-0.4, -0.2) is 26.8 Å². The molecule has 19 heavy (non-hydrogen) atoms. The zero-order chi connectivity index (χ0) is 14.1. The van der Waals surface area contributed by atoms with Crippen LogP contribution in [0.25, 0.3) is 0 Å². The van der Waals surface area contributed by atoms with Gasteiger partial charge in [0, 0.05) is 24.7 Å². The predicted octanol–water partition coefficient (Wildman–Crippen LogP) is 4.20. The number of hydrogen-bond donors (Lipinski definition) is 1. The Morgan fingerprint density at radius 3 is 2.68 bits per heavy atom. The van der Waals surface area contributed by atoms with Gasteiger partial charge in [0.05, 0.1) is 6.61 Å². The molecular weight excluding hydrogens is 302 g/mol. The number of ether oxygens (including phenoxy) is 1. The van der Waals surface area contributed by atoms with E-state index in [2.05, 4.69) is 59.4 Å². The molecule has 0 radical (unpaired) electrons. The van der Waals surface area contributed by atoms with E-state index in [0.717, 1.165) is 25.6 Å². The SMILES string of the molecule is CCC(C)CC(CNCCOC)c1ccccc1Br. The summed E-state index contributed by atoms with van der Waals surface area (Å²) in [6.07, 6.45) is 2.46. The molecule has 3 heteroatoms. The molecule has 108 valence electrons. The Morgan fingerprint density at radius 2 is 2.05 bits per heavy atom. The lowest BCUT2D eigenvalue weighted by molar-refractivity contribution is 0.198. The summed E-state index contributed by atoms with van der Waals surface area (Å²) in [7, 11) is 1.74. The largest absolute Gasteiger partial charge is 0.383 e. The molecule has 1 rings (SSSR count). The highest BCUT2D eigenvalue weighted by Gasteiger charge is 2.16. The molecule has 0 aromatic heterocycles. The Hall–Kier alpha value is -0.380. The molecule has 0 spiro atoms. The van der Waals surface area contributed by atoms with Crippen molar-refractivity contribution in [1.82, 2.24) is 5.32 Å². The fourth-order valence-corrected chi connectivity index (χ4v) is 2.84. The summed E-state index contributed by atoms with van der Waals surface area (Å²) in [5.74, 6) is 1.31. The van der Waals surface area contributed by atoms with Crippen LogP contribution in [0.2, 0.25) is 0 Å². The number of rotatable bonds is 9. The van der Waals surface area contributed by atoms with Gasteiger partial charge in [-0.05, 0) is 29.9 Å². The fraction of sp³-hybridized carbons (Fsp3) is 0.625. The van der Waals surface area contributed by atoms with Crippen LogP contribution in [0.15, 0.2) is 28.7 Å². The second-order valence-electron chi connectivity index (χ2n) is 5.16. The number of halogens is 1. The summed E-state index contributed by atoms with van der Waals surface area (Å²) in [6, 6.07) is 8.56. The lowest BCUT2D eigenvalue weighted by Gasteiger charge is -2.22. The van der Waals surface area contributed by atoms with Gasteiger partial charge in [0.2, 0.25) is 0 Å². The van der Waals surface area contributed by atoms with Gasteiger partial charge in [-0.3, -0.25) is 0 Å². The number of hydrogen-bond acceptors (Lipinski definition) is 2. The van der Waals surface area contributed by atoms with E-state index in [1.165, 1.54) is 22.9 Å². The van der Waals surface area contributed by atoms with Crippen molar-refractivity contribution in [3.63, 3.8) is 0 Å². The fourth-order valence-electron chi connectivity index (χ4n) is 2.23. The van der Waals surface area contributed by atoms with Crippen molar-refractivity contribution in [2.24, 2.45) is 5.92 Å². The van der Waals surface area contributed by atoms with E-state index in [0.29, 0.717) is 5.92 Å². The zero-order valence-corrected chi connectivity index (χ0v) is 13.9. The van der Waals surface area contributed by atoms with E-state index >= 15 is 0 Å². The molecule has 0 saturated carbocycles. The van der Waals surface area contributed by atoms with Crippen molar-refractivity contribution in [1.29, 1.82) is 0 Å². The Morgan fingerprint density at radius 1 is 1.32 bits per heavy atom. The average Bonchev–Trinajstić information content (AvgIpc) is 2.42. The van der Waals surface area contributed by atoms with Gasteiger partial charge in [-0.2, -0.15) is 0 Å². The molecular formula is C16H26BrNO. The van der Waals surface area contributed by atoms with Crippen LogP contribution >= 0.6 is 15.9 Å². The maximum Gasteiger partial charge on any atom is 0.0587 e. The molecule has 0 saturated heterocycles. The van der Waals surface area contributed by atoms with Crippen molar-refractivity contribution in [3.05, 3.63) is 34.3 Å². The minimum absolute atomic E-state index is 0.558. The first-order valence-corrected chi connectivity index (χ1v) is 7.92. The Balaban J connectivity index is 2.66. The maximum absolute atomic E-state index is 5.08. The van der Waals surface area contributed by atoms with E-state index in [1.54, 1.807) is 7.11 Å². The summed E-state index contributed by atoms with van der Waals surface area (Å²) in [6.45, 7) is 7.29. The minimum Gasteiger partial charge on any atom is -0.383 e. The van der Waals surface area contributed by atoms with Gasteiger partial charge in [-0.1, -0.05) is 54.4 Å². The number of nitrogens with one attached hydrogen (secondary N) is 1. The third kappa shape index (κ3) is 6.07. The smallest absolute Gasteiger partial charge is 0.0587 e. The Bertz CT molecular complexity index is 356. The van der Waals surface area contributed by atoms with Crippen LogP contribution in [0.4, 0.5) is 0 Å². The second-order valence-corrected chi connectivity index (χ2v) is 6.02. The molecule has 0 aliphatic rings. The molecule has 0 heterocycles. The molecule has 2 nitrogen and oxygen atoms in total. The molecule has 2 atom stereocenters. The molecule has 1 aromatic carbocycles. The highest BCUT2D eigenvalue weighted by atomic mass is 79.9. The standard InChI is InChI=1S/C16H26BrNO/c1-4-13(2)11-14(12-18-9-10-19-3)15-7-5-6-8-16(15)17/h5-8,13-14,18H,4,9-12H2,1-3H3. The topological polar surface area (TPSA) is 21.3 Å². The third-order valence-electron chi connectivity index (χ3n) is 3.60. The second kappa shape index (κ2) is 9.51.